The number of hydrogen-bond donors (Lipinski definition) is 1. The Morgan fingerprint density at radius 2 is 2.23 bits per heavy atom. The monoisotopic (exact) mass is 239 g/mol. The van der Waals surface area contributed by atoms with Gasteiger partial charge in [0.15, 0.2) is 0 Å². The molecule has 0 aliphatic heterocycles. The zero-order valence-corrected chi connectivity index (χ0v) is 9.34. The zero-order valence-electron chi connectivity index (χ0n) is 7.76. The molecule has 2 N–H and O–H groups in total. The molecule has 0 heterocycles. The van der Waals surface area contributed by atoms with Gasteiger partial charge in [0.1, 0.15) is 0 Å². The van der Waals surface area contributed by atoms with E-state index in [1.54, 1.807) is 0 Å². The van der Waals surface area contributed by atoms with Crippen molar-refractivity contribution < 1.29 is 0 Å². The third kappa shape index (κ3) is 3.33. The molecular weight excluding hydrogens is 226 g/mol. The molecule has 0 aromatic heterocycles. The second-order valence-corrected chi connectivity index (χ2v) is 3.84. The summed E-state index contributed by atoms with van der Waals surface area (Å²) < 4.78 is 1.16. The van der Waals surface area contributed by atoms with Crippen LogP contribution >= 0.6 is 15.9 Å². The van der Waals surface area contributed by atoms with Crippen molar-refractivity contribution in [2.45, 2.75) is 13.3 Å². The summed E-state index contributed by atoms with van der Waals surface area (Å²) in [5, 5.41) is 0. The Kier molecular flexibility index (Phi) is 4.19. The van der Waals surface area contributed by atoms with Crippen LogP contribution in [0.5, 0.6) is 0 Å². The molecule has 0 fully saturated rings. The van der Waals surface area contributed by atoms with Crippen LogP contribution in [0.1, 0.15) is 17.5 Å². The molecule has 1 aromatic carbocycles. The van der Waals surface area contributed by atoms with Crippen LogP contribution in [-0.4, -0.2) is 6.54 Å². The van der Waals surface area contributed by atoms with Crippen molar-refractivity contribution in [1.29, 1.82) is 0 Å². The van der Waals surface area contributed by atoms with Crippen LogP contribution in [0.15, 0.2) is 28.7 Å². The number of benzene rings is 1. The fraction of sp³-hybridized carbons (Fsp3) is 0.273. The summed E-state index contributed by atoms with van der Waals surface area (Å²) in [6.07, 6.45) is 5.14. The van der Waals surface area contributed by atoms with Gasteiger partial charge in [0.05, 0.1) is 0 Å². The Balaban J connectivity index is 2.73. The van der Waals surface area contributed by atoms with Crippen LogP contribution in [0.3, 0.4) is 0 Å². The first-order valence-electron chi connectivity index (χ1n) is 4.37. The molecule has 0 aliphatic rings. The SMILES string of the molecule is Cc1cc(C=CCCN)ccc1Br. The normalized spacial score (nSPS) is 11.0. The van der Waals surface area contributed by atoms with Crippen molar-refractivity contribution >= 4 is 22.0 Å². The van der Waals surface area contributed by atoms with Crippen LogP contribution in [0.4, 0.5) is 0 Å². The maximum Gasteiger partial charge on any atom is 0.0204 e. The highest BCUT2D eigenvalue weighted by molar-refractivity contribution is 9.10. The number of halogens is 1. The smallest absolute Gasteiger partial charge is 0.0204 e. The number of aryl methyl sites for hydroxylation is 1. The molecule has 0 aliphatic carbocycles. The van der Waals surface area contributed by atoms with Crippen LogP contribution in [0.25, 0.3) is 6.08 Å². The van der Waals surface area contributed by atoms with Gasteiger partial charge in [-0.05, 0) is 37.1 Å². The minimum absolute atomic E-state index is 0.714. The van der Waals surface area contributed by atoms with Gasteiger partial charge in [-0.3, -0.25) is 0 Å². The van der Waals surface area contributed by atoms with Crippen molar-refractivity contribution in [3.63, 3.8) is 0 Å². The fourth-order valence-electron chi connectivity index (χ4n) is 1.09. The molecule has 0 atom stereocenters. The maximum atomic E-state index is 5.39. The summed E-state index contributed by atoms with van der Waals surface area (Å²) in [4.78, 5) is 0. The van der Waals surface area contributed by atoms with Crippen molar-refractivity contribution in [2.75, 3.05) is 6.54 Å². The standard InChI is InChI=1S/C11H14BrN/c1-9-8-10(4-2-3-7-13)5-6-11(9)12/h2,4-6,8H,3,7,13H2,1H3. The lowest BCUT2D eigenvalue weighted by Gasteiger charge is -1.99. The van der Waals surface area contributed by atoms with Crippen LogP contribution in [-0.2, 0) is 0 Å². The van der Waals surface area contributed by atoms with Crippen LogP contribution < -0.4 is 5.73 Å². The van der Waals surface area contributed by atoms with Gasteiger partial charge in [0.25, 0.3) is 0 Å². The first-order valence-corrected chi connectivity index (χ1v) is 5.16. The lowest BCUT2D eigenvalue weighted by molar-refractivity contribution is 1.01. The Morgan fingerprint density at radius 3 is 2.85 bits per heavy atom. The predicted molar refractivity (Wildman–Crippen MR) is 61.6 cm³/mol. The molecule has 1 aromatic rings. The van der Waals surface area contributed by atoms with Gasteiger partial charge in [-0.25, -0.2) is 0 Å². The average molecular weight is 240 g/mol. The molecule has 1 rings (SSSR count). The third-order valence-corrected chi connectivity index (χ3v) is 2.72. The van der Waals surface area contributed by atoms with E-state index in [-0.39, 0.29) is 0 Å². The van der Waals surface area contributed by atoms with Crippen molar-refractivity contribution in [3.8, 4) is 0 Å². The third-order valence-electron chi connectivity index (χ3n) is 1.83. The summed E-state index contributed by atoms with van der Waals surface area (Å²) in [5.41, 5.74) is 7.88. The van der Waals surface area contributed by atoms with E-state index in [4.69, 9.17) is 5.73 Å². The summed E-state index contributed by atoms with van der Waals surface area (Å²) >= 11 is 3.47. The van der Waals surface area contributed by atoms with E-state index in [1.165, 1.54) is 11.1 Å². The molecule has 13 heavy (non-hydrogen) atoms. The minimum atomic E-state index is 0.714. The summed E-state index contributed by atoms with van der Waals surface area (Å²) in [7, 11) is 0. The molecule has 0 spiro atoms. The molecule has 1 nitrogen and oxygen atoms in total. The van der Waals surface area contributed by atoms with Crippen molar-refractivity contribution in [3.05, 3.63) is 39.9 Å². The van der Waals surface area contributed by atoms with E-state index in [2.05, 4.69) is 53.2 Å². The largest absolute Gasteiger partial charge is 0.330 e. The summed E-state index contributed by atoms with van der Waals surface area (Å²) in [5.74, 6) is 0. The zero-order chi connectivity index (χ0) is 9.68. The Bertz CT molecular complexity index is 305. The molecular formula is C11H14BrN. The van der Waals surface area contributed by atoms with Gasteiger partial charge in [-0.2, -0.15) is 0 Å². The first-order chi connectivity index (χ1) is 6.24. The highest BCUT2D eigenvalue weighted by Crippen LogP contribution is 2.17. The Morgan fingerprint density at radius 1 is 1.46 bits per heavy atom. The highest BCUT2D eigenvalue weighted by atomic mass is 79.9. The minimum Gasteiger partial charge on any atom is -0.330 e. The molecule has 0 unspecified atom stereocenters. The Labute approximate surface area is 87.8 Å². The lowest BCUT2D eigenvalue weighted by atomic mass is 10.1. The Hall–Kier alpha value is -0.600. The average Bonchev–Trinajstić information content (AvgIpc) is 2.12. The molecule has 0 amide bonds. The molecule has 0 radical (unpaired) electrons. The van der Waals surface area contributed by atoms with Crippen LogP contribution in [0, 0.1) is 6.92 Å². The van der Waals surface area contributed by atoms with Gasteiger partial charge >= 0.3 is 0 Å². The topological polar surface area (TPSA) is 26.0 Å². The summed E-state index contributed by atoms with van der Waals surface area (Å²) in [6, 6.07) is 6.30. The second-order valence-electron chi connectivity index (χ2n) is 2.99. The van der Waals surface area contributed by atoms with Gasteiger partial charge in [-0.1, -0.05) is 40.2 Å². The predicted octanol–water partition coefficient (Wildman–Crippen LogP) is 3.12. The van der Waals surface area contributed by atoms with E-state index >= 15 is 0 Å². The van der Waals surface area contributed by atoms with E-state index in [9.17, 15) is 0 Å². The number of nitrogens with two attached hydrogens (primary N) is 1. The molecule has 0 bridgehead atoms. The fourth-order valence-corrected chi connectivity index (χ4v) is 1.33. The van der Waals surface area contributed by atoms with Crippen molar-refractivity contribution in [1.82, 2.24) is 0 Å². The number of rotatable bonds is 3. The molecule has 0 saturated carbocycles. The maximum absolute atomic E-state index is 5.39. The first kappa shape index (κ1) is 10.5. The second kappa shape index (κ2) is 5.20. The molecule has 70 valence electrons. The summed E-state index contributed by atoms with van der Waals surface area (Å²) in [6.45, 7) is 2.80. The van der Waals surface area contributed by atoms with Gasteiger partial charge in [0.2, 0.25) is 0 Å². The van der Waals surface area contributed by atoms with E-state index in [0.29, 0.717) is 6.54 Å². The van der Waals surface area contributed by atoms with E-state index in [0.717, 1.165) is 10.9 Å². The van der Waals surface area contributed by atoms with E-state index < -0.39 is 0 Å². The quantitative estimate of drug-likeness (QED) is 0.863. The van der Waals surface area contributed by atoms with Crippen molar-refractivity contribution in [2.24, 2.45) is 5.73 Å². The number of hydrogen-bond acceptors (Lipinski definition) is 1. The lowest BCUT2D eigenvalue weighted by Crippen LogP contribution is -1.94. The molecule has 2 heteroatoms. The van der Waals surface area contributed by atoms with Crippen LogP contribution in [0.2, 0.25) is 0 Å². The van der Waals surface area contributed by atoms with Gasteiger partial charge < -0.3 is 5.73 Å². The highest BCUT2D eigenvalue weighted by Gasteiger charge is 1.93. The van der Waals surface area contributed by atoms with Gasteiger partial charge in [0, 0.05) is 4.47 Å². The van der Waals surface area contributed by atoms with Gasteiger partial charge in [-0.15, -0.1) is 0 Å². The molecule has 0 saturated heterocycles. The van der Waals surface area contributed by atoms with E-state index in [1.807, 2.05) is 0 Å².